The molecular formula is C9H15NOS. The molecule has 1 heterocycles. The summed E-state index contributed by atoms with van der Waals surface area (Å²) in [4.78, 5) is 13.5. The van der Waals surface area contributed by atoms with Crippen molar-refractivity contribution in [3.05, 3.63) is 0 Å². The lowest BCUT2D eigenvalue weighted by atomic mass is 10.2. The summed E-state index contributed by atoms with van der Waals surface area (Å²) >= 11 is 1.38. The highest BCUT2D eigenvalue weighted by molar-refractivity contribution is 8.13. The van der Waals surface area contributed by atoms with Crippen molar-refractivity contribution in [1.29, 1.82) is 0 Å². The number of fused-ring (bicyclic) bond motifs is 1. The number of carbonyl (C=O) groups is 1. The molecule has 1 unspecified atom stereocenters. The number of carbonyl (C=O) groups excluding carboxylic acids is 1. The fourth-order valence-electron chi connectivity index (χ4n) is 2.44. The van der Waals surface area contributed by atoms with Crippen LogP contribution in [0, 0.1) is 17.8 Å². The van der Waals surface area contributed by atoms with Gasteiger partial charge in [-0.2, -0.15) is 0 Å². The minimum absolute atomic E-state index is 0.372. The number of hydrogen-bond acceptors (Lipinski definition) is 3. The molecule has 1 aliphatic heterocycles. The molecular weight excluding hydrogens is 170 g/mol. The molecule has 1 aliphatic carbocycles. The van der Waals surface area contributed by atoms with Crippen LogP contribution in [0.5, 0.6) is 0 Å². The summed E-state index contributed by atoms with van der Waals surface area (Å²) in [6.07, 6.45) is 2.71. The van der Waals surface area contributed by atoms with Crippen LogP contribution in [-0.4, -0.2) is 36.4 Å². The Balaban J connectivity index is 1.79. The van der Waals surface area contributed by atoms with Gasteiger partial charge in [-0.25, -0.2) is 0 Å². The van der Waals surface area contributed by atoms with Crippen LogP contribution in [0.2, 0.25) is 0 Å². The summed E-state index contributed by atoms with van der Waals surface area (Å²) in [6, 6.07) is 0. The Morgan fingerprint density at radius 2 is 2.08 bits per heavy atom. The number of rotatable bonds is 2. The van der Waals surface area contributed by atoms with Crippen LogP contribution in [0.25, 0.3) is 0 Å². The highest BCUT2D eigenvalue weighted by Gasteiger charge is 2.54. The molecule has 2 nitrogen and oxygen atoms in total. The standard InChI is InChI=1S/C9H15NOS/c1-10-4-7-6(8(7)5-10)3-9(11)12-2/h6-8H,3-5H2,1-2H3/t6?,7-,8+. The second kappa shape index (κ2) is 3.04. The van der Waals surface area contributed by atoms with Gasteiger partial charge in [-0.05, 0) is 31.1 Å². The fourth-order valence-corrected chi connectivity index (χ4v) is 2.80. The number of piperidine rings is 1. The largest absolute Gasteiger partial charge is 0.306 e. The Labute approximate surface area is 77.7 Å². The van der Waals surface area contributed by atoms with Gasteiger partial charge in [0.25, 0.3) is 0 Å². The lowest BCUT2D eigenvalue weighted by Crippen LogP contribution is -2.19. The molecule has 0 spiro atoms. The normalized spacial score (nSPS) is 39.7. The number of hydrogen-bond donors (Lipinski definition) is 0. The molecule has 2 fully saturated rings. The number of nitrogens with zero attached hydrogens (tertiary/aromatic N) is 1. The van der Waals surface area contributed by atoms with Crippen LogP contribution in [0.3, 0.4) is 0 Å². The third kappa shape index (κ3) is 1.40. The maximum Gasteiger partial charge on any atom is 0.188 e. The monoisotopic (exact) mass is 185 g/mol. The molecule has 2 aliphatic rings. The van der Waals surface area contributed by atoms with Crippen LogP contribution in [0.15, 0.2) is 0 Å². The topological polar surface area (TPSA) is 20.3 Å². The number of thioether (sulfide) groups is 1. The zero-order chi connectivity index (χ0) is 8.72. The van der Waals surface area contributed by atoms with Gasteiger partial charge in [0.05, 0.1) is 0 Å². The molecule has 0 radical (unpaired) electrons. The van der Waals surface area contributed by atoms with E-state index in [0.29, 0.717) is 5.12 Å². The van der Waals surface area contributed by atoms with Crippen LogP contribution in [0.1, 0.15) is 6.42 Å². The molecule has 12 heavy (non-hydrogen) atoms. The first-order valence-electron chi connectivity index (χ1n) is 4.47. The van der Waals surface area contributed by atoms with Gasteiger partial charge in [0.15, 0.2) is 5.12 Å². The second-order valence-corrected chi connectivity index (χ2v) is 4.86. The van der Waals surface area contributed by atoms with Gasteiger partial charge in [0.2, 0.25) is 0 Å². The maximum absolute atomic E-state index is 11.1. The van der Waals surface area contributed by atoms with Crippen LogP contribution >= 0.6 is 11.8 Å². The van der Waals surface area contributed by atoms with Crippen molar-refractivity contribution in [2.45, 2.75) is 6.42 Å². The summed E-state index contributed by atoms with van der Waals surface area (Å²) in [5.74, 6) is 2.44. The minimum atomic E-state index is 0.372. The van der Waals surface area contributed by atoms with Crippen molar-refractivity contribution in [3.8, 4) is 0 Å². The molecule has 1 saturated heterocycles. The van der Waals surface area contributed by atoms with Gasteiger partial charge in [0.1, 0.15) is 0 Å². The van der Waals surface area contributed by atoms with Gasteiger partial charge in [-0.15, -0.1) is 0 Å². The van der Waals surface area contributed by atoms with E-state index in [-0.39, 0.29) is 0 Å². The van der Waals surface area contributed by atoms with Crippen LogP contribution < -0.4 is 0 Å². The molecule has 0 aromatic rings. The van der Waals surface area contributed by atoms with Crippen LogP contribution in [0.4, 0.5) is 0 Å². The van der Waals surface area contributed by atoms with Crippen molar-refractivity contribution in [3.63, 3.8) is 0 Å². The Morgan fingerprint density at radius 3 is 2.58 bits per heavy atom. The Hall–Kier alpha value is -0.0200. The zero-order valence-corrected chi connectivity index (χ0v) is 8.43. The fraction of sp³-hybridized carbons (Fsp3) is 0.889. The molecule has 0 aromatic heterocycles. The van der Waals surface area contributed by atoms with Gasteiger partial charge in [-0.1, -0.05) is 11.8 Å². The lowest BCUT2D eigenvalue weighted by molar-refractivity contribution is -0.111. The first kappa shape index (κ1) is 8.57. The molecule has 1 saturated carbocycles. The van der Waals surface area contributed by atoms with Crippen LogP contribution in [-0.2, 0) is 4.79 Å². The van der Waals surface area contributed by atoms with E-state index >= 15 is 0 Å². The SMILES string of the molecule is CSC(=O)CC1[C@H]2CN(C)C[C@@H]12. The Morgan fingerprint density at radius 1 is 1.50 bits per heavy atom. The average Bonchev–Trinajstić information content (AvgIpc) is 2.51. The van der Waals surface area contributed by atoms with Gasteiger partial charge >= 0.3 is 0 Å². The smallest absolute Gasteiger partial charge is 0.188 e. The molecule has 2 rings (SSSR count). The first-order valence-corrected chi connectivity index (χ1v) is 5.70. The zero-order valence-electron chi connectivity index (χ0n) is 7.62. The summed E-state index contributed by atoms with van der Waals surface area (Å²) in [5, 5.41) is 0.372. The first-order chi connectivity index (χ1) is 5.72. The average molecular weight is 185 g/mol. The van der Waals surface area contributed by atoms with E-state index in [9.17, 15) is 4.79 Å². The molecule has 0 bridgehead atoms. The van der Waals surface area contributed by atoms with E-state index < -0.39 is 0 Å². The third-order valence-electron chi connectivity index (χ3n) is 3.18. The van der Waals surface area contributed by atoms with E-state index in [1.54, 1.807) is 0 Å². The summed E-state index contributed by atoms with van der Waals surface area (Å²) in [6.45, 7) is 2.44. The Bertz CT molecular complexity index is 195. The predicted molar refractivity (Wildman–Crippen MR) is 51.1 cm³/mol. The van der Waals surface area contributed by atoms with Crippen molar-refractivity contribution >= 4 is 16.9 Å². The summed E-state index contributed by atoms with van der Waals surface area (Å²) < 4.78 is 0. The van der Waals surface area contributed by atoms with Crippen molar-refractivity contribution < 1.29 is 4.79 Å². The predicted octanol–water partition coefficient (Wildman–Crippen LogP) is 1.07. The van der Waals surface area contributed by atoms with E-state index in [0.717, 1.165) is 24.2 Å². The number of likely N-dealkylation sites (tertiary alicyclic amines) is 1. The van der Waals surface area contributed by atoms with E-state index in [1.807, 2.05) is 6.26 Å². The van der Waals surface area contributed by atoms with Gasteiger partial charge < -0.3 is 4.90 Å². The second-order valence-electron chi connectivity index (χ2n) is 3.99. The molecule has 68 valence electrons. The van der Waals surface area contributed by atoms with Crippen molar-refractivity contribution in [1.82, 2.24) is 4.90 Å². The maximum atomic E-state index is 11.1. The van der Waals surface area contributed by atoms with E-state index in [4.69, 9.17) is 0 Å². The summed E-state index contributed by atoms with van der Waals surface area (Å²) in [5.41, 5.74) is 0. The molecule has 0 amide bonds. The van der Waals surface area contributed by atoms with Gasteiger partial charge in [0, 0.05) is 19.5 Å². The van der Waals surface area contributed by atoms with Gasteiger partial charge in [-0.3, -0.25) is 4.79 Å². The quantitative estimate of drug-likeness (QED) is 0.642. The molecule has 3 heteroatoms. The van der Waals surface area contributed by atoms with E-state index in [2.05, 4.69) is 11.9 Å². The third-order valence-corrected chi connectivity index (χ3v) is 3.81. The molecule has 0 N–H and O–H groups in total. The van der Waals surface area contributed by atoms with Crippen molar-refractivity contribution in [2.24, 2.45) is 17.8 Å². The van der Waals surface area contributed by atoms with E-state index in [1.165, 1.54) is 24.9 Å². The molecule has 3 atom stereocenters. The highest BCUT2D eigenvalue weighted by Crippen LogP contribution is 2.53. The highest BCUT2D eigenvalue weighted by atomic mass is 32.2. The summed E-state index contributed by atoms with van der Waals surface area (Å²) in [7, 11) is 2.17. The molecule has 0 aromatic carbocycles. The Kier molecular flexibility index (Phi) is 2.17. The lowest BCUT2D eigenvalue weighted by Gasteiger charge is -2.11. The van der Waals surface area contributed by atoms with Crippen molar-refractivity contribution in [2.75, 3.05) is 26.4 Å². The minimum Gasteiger partial charge on any atom is -0.306 e.